The van der Waals surface area contributed by atoms with Crippen molar-refractivity contribution in [3.8, 4) is 0 Å². The fraction of sp³-hybridized carbons (Fsp3) is 0.632. The standard InChI is InChI=1S/C19H28N6O/c1-13-21-22-18(25(13)14-7-8-14)12-24-11-5-4-6-16(24)15-9-10-17(23(15)3)19(26)20-2/h9-10,14,16H,4-8,11-12H2,1-3H3,(H,20,26)/t16-/m1/s1. The van der Waals surface area contributed by atoms with Gasteiger partial charge < -0.3 is 14.5 Å². The van der Waals surface area contributed by atoms with Crippen molar-refractivity contribution in [2.45, 2.75) is 57.7 Å². The van der Waals surface area contributed by atoms with E-state index in [0.717, 1.165) is 31.2 Å². The predicted octanol–water partition coefficient (Wildman–Crippen LogP) is 2.35. The smallest absolute Gasteiger partial charge is 0.267 e. The average Bonchev–Trinajstić information content (AvgIpc) is 3.32. The number of rotatable bonds is 5. The van der Waals surface area contributed by atoms with E-state index in [4.69, 9.17) is 0 Å². The number of nitrogens with one attached hydrogen (secondary N) is 1. The van der Waals surface area contributed by atoms with Crippen molar-refractivity contribution in [1.29, 1.82) is 0 Å². The van der Waals surface area contributed by atoms with Crippen LogP contribution in [-0.4, -0.2) is 43.7 Å². The Labute approximate surface area is 154 Å². The Hall–Kier alpha value is -2.15. The minimum absolute atomic E-state index is 0.0368. The number of carbonyl (C=O) groups is 1. The maximum atomic E-state index is 12.1. The number of hydrogen-bond acceptors (Lipinski definition) is 4. The summed E-state index contributed by atoms with van der Waals surface area (Å²) in [6.45, 7) is 3.93. The van der Waals surface area contributed by atoms with Gasteiger partial charge in [-0.25, -0.2) is 0 Å². The number of carbonyl (C=O) groups excluding carboxylic acids is 1. The van der Waals surface area contributed by atoms with Crippen LogP contribution in [0.4, 0.5) is 0 Å². The number of likely N-dealkylation sites (tertiary alicyclic amines) is 1. The number of nitrogens with zero attached hydrogens (tertiary/aromatic N) is 5. The maximum Gasteiger partial charge on any atom is 0.267 e. The van der Waals surface area contributed by atoms with Crippen LogP contribution in [0, 0.1) is 6.92 Å². The third kappa shape index (κ3) is 3.05. The molecule has 1 amide bonds. The molecule has 0 unspecified atom stereocenters. The number of piperidine rings is 1. The maximum absolute atomic E-state index is 12.1. The lowest BCUT2D eigenvalue weighted by atomic mass is 9.99. The first-order valence-corrected chi connectivity index (χ1v) is 9.62. The van der Waals surface area contributed by atoms with E-state index < -0.39 is 0 Å². The van der Waals surface area contributed by atoms with Crippen LogP contribution in [0.5, 0.6) is 0 Å². The largest absolute Gasteiger partial charge is 0.354 e. The molecular weight excluding hydrogens is 328 g/mol. The first kappa shape index (κ1) is 17.3. The molecule has 1 aliphatic heterocycles. The summed E-state index contributed by atoms with van der Waals surface area (Å²) < 4.78 is 4.37. The minimum Gasteiger partial charge on any atom is -0.354 e. The molecule has 0 radical (unpaired) electrons. The summed E-state index contributed by atoms with van der Waals surface area (Å²) in [5.41, 5.74) is 1.92. The van der Waals surface area contributed by atoms with Crippen LogP contribution in [0.25, 0.3) is 0 Å². The molecule has 0 aromatic carbocycles. The molecule has 0 spiro atoms. The highest BCUT2D eigenvalue weighted by Crippen LogP contribution is 2.38. The zero-order valence-corrected chi connectivity index (χ0v) is 15.9. The minimum atomic E-state index is -0.0368. The first-order chi connectivity index (χ1) is 12.6. The van der Waals surface area contributed by atoms with Crippen LogP contribution >= 0.6 is 0 Å². The molecule has 1 atom stereocenters. The monoisotopic (exact) mass is 356 g/mol. The van der Waals surface area contributed by atoms with E-state index in [-0.39, 0.29) is 5.91 Å². The van der Waals surface area contributed by atoms with Crippen molar-refractivity contribution in [3.63, 3.8) is 0 Å². The van der Waals surface area contributed by atoms with E-state index in [2.05, 4.69) is 38.0 Å². The van der Waals surface area contributed by atoms with E-state index in [1.165, 1.54) is 31.4 Å². The van der Waals surface area contributed by atoms with Gasteiger partial charge in [-0.3, -0.25) is 9.69 Å². The SMILES string of the molecule is CNC(=O)c1ccc([C@H]2CCCCN2Cc2nnc(C)n2C2CC2)n1C. The molecule has 3 heterocycles. The van der Waals surface area contributed by atoms with Crippen molar-refractivity contribution < 1.29 is 4.79 Å². The Morgan fingerprint density at radius 2 is 2.04 bits per heavy atom. The van der Waals surface area contributed by atoms with Gasteiger partial charge in [0.25, 0.3) is 5.91 Å². The molecule has 4 rings (SSSR count). The van der Waals surface area contributed by atoms with E-state index in [1.807, 2.05) is 17.7 Å². The summed E-state index contributed by atoms with van der Waals surface area (Å²) >= 11 is 0. The van der Waals surface area contributed by atoms with Crippen LogP contribution in [-0.2, 0) is 13.6 Å². The lowest BCUT2D eigenvalue weighted by Gasteiger charge is -2.36. The second-order valence-corrected chi connectivity index (χ2v) is 7.53. The summed E-state index contributed by atoms with van der Waals surface area (Å²) in [6.07, 6.45) is 6.02. The Kier molecular flexibility index (Phi) is 4.56. The van der Waals surface area contributed by atoms with Crippen LogP contribution < -0.4 is 5.32 Å². The zero-order valence-electron chi connectivity index (χ0n) is 15.9. The molecule has 1 aliphatic carbocycles. The quantitative estimate of drug-likeness (QED) is 0.893. The normalized spacial score (nSPS) is 21.1. The Morgan fingerprint density at radius 1 is 1.23 bits per heavy atom. The molecule has 7 heteroatoms. The van der Waals surface area contributed by atoms with Gasteiger partial charge in [-0.2, -0.15) is 0 Å². The molecule has 1 N–H and O–H groups in total. The third-order valence-electron chi connectivity index (χ3n) is 5.77. The summed E-state index contributed by atoms with van der Waals surface area (Å²) in [7, 11) is 3.67. The topological polar surface area (TPSA) is 68.0 Å². The molecular formula is C19H28N6O. The number of hydrogen-bond donors (Lipinski definition) is 1. The fourth-order valence-corrected chi connectivity index (χ4v) is 4.24. The van der Waals surface area contributed by atoms with Crippen molar-refractivity contribution >= 4 is 5.91 Å². The van der Waals surface area contributed by atoms with Gasteiger partial charge in [0.1, 0.15) is 17.3 Å². The van der Waals surface area contributed by atoms with Crippen molar-refractivity contribution in [3.05, 3.63) is 35.2 Å². The van der Waals surface area contributed by atoms with Crippen molar-refractivity contribution in [1.82, 2.24) is 29.5 Å². The van der Waals surface area contributed by atoms with Gasteiger partial charge in [-0.1, -0.05) is 6.42 Å². The molecule has 7 nitrogen and oxygen atoms in total. The van der Waals surface area contributed by atoms with Crippen LogP contribution in [0.2, 0.25) is 0 Å². The van der Waals surface area contributed by atoms with E-state index in [1.54, 1.807) is 7.05 Å². The van der Waals surface area contributed by atoms with Gasteiger partial charge in [-0.05, 0) is 51.3 Å². The van der Waals surface area contributed by atoms with Crippen LogP contribution in [0.1, 0.15) is 72.0 Å². The Balaban J connectivity index is 1.60. The van der Waals surface area contributed by atoms with Crippen LogP contribution in [0.15, 0.2) is 12.1 Å². The number of amides is 1. The summed E-state index contributed by atoms with van der Waals surface area (Å²) in [6, 6.07) is 4.94. The lowest BCUT2D eigenvalue weighted by Crippen LogP contribution is -2.35. The predicted molar refractivity (Wildman–Crippen MR) is 98.8 cm³/mol. The summed E-state index contributed by atoms with van der Waals surface area (Å²) in [5, 5.41) is 11.5. The Morgan fingerprint density at radius 3 is 2.77 bits per heavy atom. The highest BCUT2D eigenvalue weighted by molar-refractivity contribution is 5.92. The molecule has 2 aromatic heterocycles. The lowest BCUT2D eigenvalue weighted by molar-refractivity contribution is 0.0951. The van der Waals surface area contributed by atoms with Crippen molar-refractivity contribution in [2.75, 3.05) is 13.6 Å². The van der Waals surface area contributed by atoms with Gasteiger partial charge in [0.05, 0.1) is 12.6 Å². The number of aryl methyl sites for hydroxylation is 1. The molecule has 0 bridgehead atoms. The molecule has 2 aliphatic rings. The second-order valence-electron chi connectivity index (χ2n) is 7.53. The fourth-order valence-electron chi connectivity index (χ4n) is 4.24. The molecule has 1 saturated carbocycles. The highest BCUT2D eigenvalue weighted by atomic mass is 16.1. The summed E-state index contributed by atoms with van der Waals surface area (Å²) in [5.74, 6) is 2.07. The van der Waals surface area contributed by atoms with E-state index in [9.17, 15) is 4.79 Å². The zero-order chi connectivity index (χ0) is 18.3. The molecule has 2 aromatic rings. The van der Waals surface area contributed by atoms with Crippen LogP contribution in [0.3, 0.4) is 0 Å². The molecule has 2 fully saturated rings. The van der Waals surface area contributed by atoms with Gasteiger partial charge in [0.2, 0.25) is 0 Å². The first-order valence-electron chi connectivity index (χ1n) is 9.62. The molecule has 26 heavy (non-hydrogen) atoms. The summed E-state index contributed by atoms with van der Waals surface area (Å²) in [4.78, 5) is 14.6. The molecule has 1 saturated heterocycles. The number of aromatic nitrogens is 4. The van der Waals surface area contributed by atoms with E-state index in [0.29, 0.717) is 17.8 Å². The second kappa shape index (κ2) is 6.87. The van der Waals surface area contributed by atoms with Gasteiger partial charge in [0, 0.05) is 25.8 Å². The van der Waals surface area contributed by atoms with Gasteiger partial charge in [-0.15, -0.1) is 10.2 Å². The van der Waals surface area contributed by atoms with Gasteiger partial charge in [0.15, 0.2) is 0 Å². The van der Waals surface area contributed by atoms with Gasteiger partial charge >= 0.3 is 0 Å². The van der Waals surface area contributed by atoms with Crippen molar-refractivity contribution in [2.24, 2.45) is 7.05 Å². The highest BCUT2D eigenvalue weighted by Gasteiger charge is 2.32. The molecule has 140 valence electrons. The average molecular weight is 356 g/mol. The van der Waals surface area contributed by atoms with E-state index >= 15 is 0 Å². The third-order valence-corrected chi connectivity index (χ3v) is 5.77. The Bertz CT molecular complexity index is 803.